The zero-order chi connectivity index (χ0) is 11.8. The number of carbonyl (C=O) groups is 2. The van der Waals surface area contributed by atoms with Crippen molar-refractivity contribution >= 4 is 22.3 Å². The molecule has 0 fully saturated rings. The summed E-state index contributed by atoms with van der Waals surface area (Å²) in [6.07, 6.45) is -0.0143. The number of carboxylic acids is 1. The van der Waals surface area contributed by atoms with Crippen molar-refractivity contribution in [3.05, 3.63) is 0 Å². The minimum Gasteiger partial charge on any atom is -0.481 e. The van der Waals surface area contributed by atoms with E-state index in [0.717, 1.165) is 0 Å². The first kappa shape index (κ1) is 15.3. The first-order valence-corrected chi connectivity index (χ1v) is 4.68. The highest BCUT2D eigenvalue weighted by Crippen LogP contribution is 1.73. The van der Waals surface area contributed by atoms with Crippen molar-refractivity contribution < 1.29 is 32.2 Å². The van der Waals surface area contributed by atoms with Gasteiger partial charge in [-0.25, -0.2) is 0 Å². The van der Waals surface area contributed by atoms with Gasteiger partial charge in [-0.3, -0.25) is 18.7 Å². The molecule has 0 radical (unpaired) electrons. The van der Waals surface area contributed by atoms with Crippen LogP contribution in [-0.4, -0.2) is 41.1 Å². The molecule has 0 atom stereocenters. The Bertz CT molecular complexity index is 260. The Morgan fingerprint density at radius 3 is 1.86 bits per heavy atom. The third-order valence-corrected chi connectivity index (χ3v) is 0.713. The van der Waals surface area contributed by atoms with Gasteiger partial charge in [0, 0.05) is 13.5 Å². The van der Waals surface area contributed by atoms with Gasteiger partial charge in [-0.05, 0) is 0 Å². The number of hydrogen-bond acceptors (Lipinski definition) is 4. The summed E-state index contributed by atoms with van der Waals surface area (Å²) in [5.41, 5.74) is 0. The first-order valence-electron chi connectivity index (χ1n) is 3.29. The highest BCUT2D eigenvalue weighted by atomic mass is 32.3. The van der Waals surface area contributed by atoms with Crippen molar-refractivity contribution in [2.75, 3.05) is 6.54 Å². The van der Waals surface area contributed by atoms with Gasteiger partial charge >= 0.3 is 16.4 Å². The standard InChI is InChI=1S/C5H9NO3.H2O4S/c1-4(7)6-3-2-5(8)9;1-5(2,3)4/h2-3H2,1H3,(H,6,7)(H,8,9);(H2,1,2,3,4). The number of carboxylic acid groups (broad SMARTS) is 1. The van der Waals surface area contributed by atoms with Gasteiger partial charge in [0.15, 0.2) is 0 Å². The van der Waals surface area contributed by atoms with Crippen molar-refractivity contribution in [2.45, 2.75) is 13.3 Å². The minimum absolute atomic E-state index is 0.0143. The van der Waals surface area contributed by atoms with Crippen LogP contribution < -0.4 is 5.32 Å². The van der Waals surface area contributed by atoms with Crippen LogP contribution in [0.2, 0.25) is 0 Å². The molecule has 9 heteroatoms. The Labute approximate surface area is 80.5 Å². The zero-order valence-electron chi connectivity index (χ0n) is 7.30. The van der Waals surface area contributed by atoms with Gasteiger partial charge in [-0.2, -0.15) is 8.42 Å². The van der Waals surface area contributed by atoms with E-state index in [0.29, 0.717) is 0 Å². The van der Waals surface area contributed by atoms with E-state index in [4.69, 9.17) is 22.6 Å². The molecule has 0 aromatic rings. The summed E-state index contributed by atoms with van der Waals surface area (Å²) in [4.78, 5) is 20.0. The van der Waals surface area contributed by atoms with Crippen molar-refractivity contribution in [3.63, 3.8) is 0 Å². The van der Waals surface area contributed by atoms with E-state index >= 15 is 0 Å². The van der Waals surface area contributed by atoms with Gasteiger partial charge < -0.3 is 10.4 Å². The van der Waals surface area contributed by atoms with E-state index in [1.165, 1.54) is 6.92 Å². The third kappa shape index (κ3) is 45.0. The molecular formula is C5H11NO7S. The number of nitrogens with one attached hydrogen (secondary N) is 1. The van der Waals surface area contributed by atoms with Crippen LogP contribution in [0.25, 0.3) is 0 Å². The van der Waals surface area contributed by atoms with E-state index in [9.17, 15) is 9.59 Å². The molecule has 0 bridgehead atoms. The van der Waals surface area contributed by atoms with Crippen LogP contribution >= 0.6 is 0 Å². The predicted octanol–water partition coefficient (Wildman–Crippen LogP) is -1.06. The summed E-state index contributed by atoms with van der Waals surface area (Å²) < 4.78 is 31.6. The van der Waals surface area contributed by atoms with Gasteiger partial charge in [0.1, 0.15) is 0 Å². The van der Waals surface area contributed by atoms with E-state index in [2.05, 4.69) is 5.32 Å². The Morgan fingerprint density at radius 2 is 1.64 bits per heavy atom. The third-order valence-electron chi connectivity index (χ3n) is 0.713. The normalized spacial score (nSPS) is 9.64. The average molecular weight is 229 g/mol. The fourth-order valence-corrected chi connectivity index (χ4v) is 0.345. The molecule has 4 N–H and O–H groups in total. The quantitative estimate of drug-likeness (QED) is 0.452. The Balaban J connectivity index is 0. The number of rotatable bonds is 3. The predicted molar refractivity (Wildman–Crippen MR) is 45.1 cm³/mol. The first-order chi connectivity index (χ1) is 6.13. The number of carbonyl (C=O) groups excluding carboxylic acids is 1. The molecule has 14 heavy (non-hydrogen) atoms. The van der Waals surface area contributed by atoms with E-state index in [1.54, 1.807) is 0 Å². The van der Waals surface area contributed by atoms with E-state index in [1.807, 2.05) is 0 Å². The van der Waals surface area contributed by atoms with Crippen LogP contribution in [0.5, 0.6) is 0 Å². The van der Waals surface area contributed by atoms with Crippen molar-refractivity contribution in [1.82, 2.24) is 5.32 Å². The molecule has 84 valence electrons. The molecule has 0 aliphatic rings. The average Bonchev–Trinajstić information content (AvgIpc) is 1.80. The molecule has 0 aromatic carbocycles. The zero-order valence-corrected chi connectivity index (χ0v) is 8.11. The van der Waals surface area contributed by atoms with Crippen LogP contribution in [0.15, 0.2) is 0 Å². The van der Waals surface area contributed by atoms with Gasteiger partial charge in [-0.15, -0.1) is 0 Å². The molecule has 1 amide bonds. The topological polar surface area (TPSA) is 141 Å². The van der Waals surface area contributed by atoms with Crippen molar-refractivity contribution in [1.29, 1.82) is 0 Å². The van der Waals surface area contributed by atoms with Gasteiger partial charge in [0.25, 0.3) is 0 Å². The summed E-state index contributed by atoms with van der Waals surface area (Å²) in [5, 5.41) is 10.4. The van der Waals surface area contributed by atoms with Crippen LogP contribution in [0.3, 0.4) is 0 Å². The maximum Gasteiger partial charge on any atom is 0.394 e. The second-order valence-electron chi connectivity index (χ2n) is 2.07. The Hall–Kier alpha value is -1.19. The summed E-state index contributed by atoms with van der Waals surface area (Å²) >= 11 is 0. The smallest absolute Gasteiger partial charge is 0.394 e. The maximum atomic E-state index is 10.1. The number of hydrogen-bond donors (Lipinski definition) is 4. The second-order valence-corrected chi connectivity index (χ2v) is 2.97. The second kappa shape index (κ2) is 7.24. The highest BCUT2D eigenvalue weighted by Gasteiger charge is 1.95. The SMILES string of the molecule is CC(=O)NCCC(=O)O.O=S(=O)(O)O. The van der Waals surface area contributed by atoms with Crippen LogP contribution in [0.4, 0.5) is 0 Å². The largest absolute Gasteiger partial charge is 0.481 e. The van der Waals surface area contributed by atoms with Crippen molar-refractivity contribution in [2.24, 2.45) is 0 Å². The Kier molecular flexibility index (Phi) is 7.90. The maximum absolute atomic E-state index is 10.1. The number of aliphatic carboxylic acids is 1. The molecule has 0 saturated heterocycles. The fraction of sp³-hybridized carbons (Fsp3) is 0.600. The Morgan fingerprint density at radius 1 is 1.29 bits per heavy atom. The number of amides is 1. The van der Waals surface area contributed by atoms with E-state index < -0.39 is 16.4 Å². The molecule has 8 nitrogen and oxygen atoms in total. The van der Waals surface area contributed by atoms with Gasteiger partial charge in [0.05, 0.1) is 6.42 Å². The lowest BCUT2D eigenvalue weighted by molar-refractivity contribution is -0.136. The molecule has 0 unspecified atom stereocenters. The van der Waals surface area contributed by atoms with Crippen LogP contribution in [0, 0.1) is 0 Å². The molecule has 0 aliphatic carbocycles. The molecule has 0 aliphatic heterocycles. The molecule has 0 rings (SSSR count). The lowest BCUT2D eigenvalue weighted by atomic mass is 10.4. The van der Waals surface area contributed by atoms with Gasteiger partial charge in [-0.1, -0.05) is 0 Å². The lowest BCUT2D eigenvalue weighted by Gasteiger charge is -1.95. The molecule has 0 heterocycles. The van der Waals surface area contributed by atoms with E-state index in [-0.39, 0.29) is 18.9 Å². The molecule has 0 saturated carbocycles. The molecular weight excluding hydrogens is 218 g/mol. The van der Waals surface area contributed by atoms with Crippen LogP contribution in [-0.2, 0) is 20.0 Å². The highest BCUT2D eigenvalue weighted by molar-refractivity contribution is 7.79. The summed E-state index contributed by atoms with van der Waals surface area (Å²) in [5.74, 6) is -1.10. The van der Waals surface area contributed by atoms with Crippen molar-refractivity contribution in [3.8, 4) is 0 Å². The minimum atomic E-state index is -4.67. The summed E-state index contributed by atoms with van der Waals surface area (Å²) in [6.45, 7) is 1.56. The monoisotopic (exact) mass is 229 g/mol. The lowest BCUT2D eigenvalue weighted by Crippen LogP contribution is -2.22. The van der Waals surface area contributed by atoms with Crippen LogP contribution in [0.1, 0.15) is 13.3 Å². The summed E-state index contributed by atoms with van der Waals surface area (Å²) in [6, 6.07) is 0. The molecule has 0 aromatic heterocycles. The van der Waals surface area contributed by atoms with Gasteiger partial charge in [0.2, 0.25) is 5.91 Å². The molecule has 0 spiro atoms. The summed E-state index contributed by atoms with van der Waals surface area (Å²) in [7, 11) is -4.67. The fourth-order valence-electron chi connectivity index (χ4n) is 0.345.